The minimum atomic E-state index is -0.848. The number of rotatable bonds is 48. The molecule has 3 N–H and O–H groups in total. The molecule has 0 aromatic rings. The molecular formula is C59H103NO3. The molecule has 1 amide bonds. The molecule has 0 aliphatic rings. The Hall–Kier alpha value is -2.69. The van der Waals surface area contributed by atoms with Crippen molar-refractivity contribution < 1.29 is 15.0 Å². The van der Waals surface area contributed by atoms with Crippen LogP contribution in [0.4, 0.5) is 0 Å². The Balaban J connectivity index is 3.59. The number of aliphatic hydroxyl groups is 2. The number of hydrogen-bond donors (Lipinski definition) is 3. The highest BCUT2D eigenvalue weighted by molar-refractivity contribution is 5.76. The Morgan fingerprint density at radius 1 is 0.397 bits per heavy atom. The van der Waals surface area contributed by atoms with Gasteiger partial charge < -0.3 is 15.5 Å². The van der Waals surface area contributed by atoms with Crippen LogP contribution in [-0.2, 0) is 4.79 Å². The van der Waals surface area contributed by atoms with Crippen LogP contribution in [0.2, 0.25) is 0 Å². The summed E-state index contributed by atoms with van der Waals surface area (Å²) in [6, 6.07) is -0.632. The molecule has 2 atom stereocenters. The maximum absolute atomic E-state index is 12.5. The molecule has 0 radical (unpaired) electrons. The SMILES string of the molecule is CC/C=C\C/C=C\C/C=C\C/C=C\C/C=C\C/C=C\C/C=C\CCCCCCCCCCCC(=O)NC(CO)C(O)/C=C/CCCCCCCCCCCCCCCCCCCC. The van der Waals surface area contributed by atoms with Crippen molar-refractivity contribution in [3.63, 3.8) is 0 Å². The third kappa shape index (κ3) is 50.2. The number of amides is 1. The number of allylic oxidation sites excluding steroid dienone is 15. The first-order valence-corrected chi connectivity index (χ1v) is 27.0. The molecular weight excluding hydrogens is 771 g/mol. The van der Waals surface area contributed by atoms with Crippen molar-refractivity contribution in [2.45, 2.75) is 264 Å². The van der Waals surface area contributed by atoms with Crippen molar-refractivity contribution >= 4 is 5.91 Å². The molecule has 0 aliphatic heterocycles. The van der Waals surface area contributed by atoms with E-state index in [0.717, 1.165) is 70.6 Å². The smallest absolute Gasteiger partial charge is 0.220 e. The van der Waals surface area contributed by atoms with Crippen LogP contribution in [0.3, 0.4) is 0 Å². The van der Waals surface area contributed by atoms with E-state index in [9.17, 15) is 15.0 Å². The van der Waals surface area contributed by atoms with E-state index in [2.05, 4.69) is 104 Å². The monoisotopic (exact) mass is 874 g/mol. The van der Waals surface area contributed by atoms with Crippen LogP contribution in [0.15, 0.2) is 97.2 Å². The van der Waals surface area contributed by atoms with E-state index in [-0.39, 0.29) is 12.5 Å². The van der Waals surface area contributed by atoms with Crippen LogP contribution in [0.5, 0.6) is 0 Å². The van der Waals surface area contributed by atoms with Gasteiger partial charge >= 0.3 is 0 Å². The number of nitrogens with one attached hydrogen (secondary N) is 1. The van der Waals surface area contributed by atoms with Gasteiger partial charge in [-0.05, 0) is 77.0 Å². The van der Waals surface area contributed by atoms with Crippen LogP contribution >= 0.6 is 0 Å². The molecule has 0 rings (SSSR count). The number of carbonyl (C=O) groups excluding carboxylic acids is 1. The van der Waals surface area contributed by atoms with Crippen molar-refractivity contribution in [3.8, 4) is 0 Å². The van der Waals surface area contributed by atoms with Gasteiger partial charge in [-0.2, -0.15) is 0 Å². The van der Waals surface area contributed by atoms with Crippen molar-refractivity contribution in [3.05, 3.63) is 97.2 Å². The fourth-order valence-corrected chi connectivity index (χ4v) is 7.75. The zero-order chi connectivity index (χ0) is 45.6. The lowest BCUT2D eigenvalue weighted by Crippen LogP contribution is -2.45. The largest absolute Gasteiger partial charge is 0.394 e. The van der Waals surface area contributed by atoms with Crippen molar-refractivity contribution in [2.24, 2.45) is 0 Å². The summed E-state index contributed by atoms with van der Waals surface area (Å²) in [5.41, 5.74) is 0. The van der Waals surface area contributed by atoms with Crippen LogP contribution < -0.4 is 5.32 Å². The Bertz CT molecular complexity index is 1170. The predicted molar refractivity (Wildman–Crippen MR) is 280 cm³/mol. The van der Waals surface area contributed by atoms with E-state index >= 15 is 0 Å². The van der Waals surface area contributed by atoms with E-state index in [4.69, 9.17) is 0 Å². The second kappa shape index (κ2) is 53.6. The first kappa shape index (κ1) is 60.3. The quantitative estimate of drug-likeness (QED) is 0.0421. The molecule has 0 aromatic heterocycles. The summed E-state index contributed by atoms with van der Waals surface area (Å²) in [7, 11) is 0. The molecule has 0 spiro atoms. The lowest BCUT2D eigenvalue weighted by atomic mass is 10.0. The van der Waals surface area contributed by atoms with Gasteiger partial charge in [0.05, 0.1) is 18.8 Å². The predicted octanol–water partition coefficient (Wildman–Crippen LogP) is 17.7. The van der Waals surface area contributed by atoms with Crippen LogP contribution in [-0.4, -0.2) is 34.9 Å². The fraction of sp³-hybridized carbons (Fsp3) is 0.712. The Morgan fingerprint density at radius 2 is 0.698 bits per heavy atom. The maximum Gasteiger partial charge on any atom is 0.220 e. The van der Waals surface area contributed by atoms with Crippen LogP contribution in [0, 0.1) is 0 Å². The highest BCUT2D eigenvalue weighted by Gasteiger charge is 2.18. The lowest BCUT2D eigenvalue weighted by molar-refractivity contribution is -0.123. The molecule has 0 fully saturated rings. The second-order valence-corrected chi connectivity index (χ2v) is 17.9. The Morgan fingerprint density at radius 3 is 1.05 bits per heavy atom. The first-order valence-electron chi connectivity index (χ1n) is 27.0. The van der Waals surface area contributed by atoms with Gasteiger partial charge in [-0.15, -0.1) is 0 Å². The molecule has 63 heavy (non-hydrogen) atoms. The van der Waals surface area contributed by atoms with Gasteiger partial charge in [0.25, 0.3) is 0 Å². The van der Waals surface area contributed by atoms with Gasteiger partial charge in [-0.25, -0.2) is 0 Å². The van der Waals surface area contributed by atoms with E-state index in [1.54, 1.807) is 6.08 Å². The van der Waals surface area contributed by atoms with Gasteiger partial charge in [-0.1, -0.05) is 265 Å². The Kier molecular flexibility index (Phi) is 51.4. The second-order valence-electron chi connectivity index (χ2n) is 17.9. The molecule has 0 bridgehead atoms. The zero-order valence-electron chi connectivity index (χ0n) is 41.6. The van der Waals surface area contributed by atoms with E-state index in [1.807, 2.05) is 6.08 Å². The van der Waals surface area contributed by atoms with Crippen LogP contribution in [0.1, 0.15) is 251 Å². The lowest BCUT2D eigenvalue weighted by Gasteiger charge is -2.20. The number of carbonyl (C=O) groups is 1. The van der Waals surface area contributed by atoms with Crippen molar-refractivity contribution in [1.82, 2.24) is 5.32 Å². The van der Waals surface area contributed by atoms with Gasteiger partial charge in [0.2, 0.25) is 5.91 Å². The van der Waals surface area contributed by atoms with E-state index in [1.165, 1.54) is 161 Å². The molecule has 0 saturated heterocycles. The molecule has 362 valence electrons. The molecule has 0 aromatic carbocycles. The third-order valence-electron chi connectivity index (χ3n) is 11.8. The molecule has 0 heterocycles. The summed E-state index contributed by atoms with van der Waals surface area (Å²) < 4.78 is 0. The minimum absolute atomic E-state index is 0.0728. The minimum Gasteiger partial charge on any atom is -0.394 e. The summed E-state index contributed by atoms with van der Waals surface area (Å²) in [6.07, 6.45) is 79.7. The summed E-state index contributed by atoms with van der Waals surface area (Å²) in [4.78, 5) is 12.5. The average molecular weight is 874 g/mol. The van der Waals surface area contributed by atoms with E-state index < -0.39 is 12.1 Å². The van der Waals surface area contributed by atoms with Gasteiger partial charge in [0, 0.05) is 6.42 Å². The first-order chi connectivity index (χ1) is 31.2. The molecule has 0 aliphatic carbocycles. The normalized spacial score (nSPS) is 13.7. The van der Waals surface area contributed by atoms with Crippen LogP contribution in [0.25, 0.3) is 0 Å². The molecule has 4 heteroatoms. The van der Waals surface area contributed by atoms with E-state index in [0.29, 0.717) is 6.42 Å². The van der Waals surface area contributed by atoms with Gasteiger partial charge in [-0.3, -0.25) is 4.79 Å². The summed E-state index contributed by atoms with van der Waals surface area (Å²) >= 11 is 0. The molecule has 0 saturated carbocycles. The van der Waals surface area contributed by atoms with Gasteiger partial charge in [0.15, 0.2) is 0 Å². The fourth-order valence-electron chi connectivity index (χ4n) is 7.75. The zero-order valence-corrected chi connectivity index (χ0v) is 41.6. The summed E-state index contributed by atoms with van der Waals surface area (Å²) in [5.74, 6) is -0.0728. The highest BCUT2D eigenvalue weighted by atomic mass is 16.3. The highest BCUT2D eigenvalue weighted by Crippen LogP contribution is 2.16. The Labute approximate surface area is 392 Å². The third-order valence-corrected chi connectivity index (χ3v) is 11.8. The number of unbranched alkanes of at least 4 members (excludes halogenated alkanes) is 27. The average Bonchev–Trinajstić information content (AvgIpc) is 3.29. The van der Waals surface area contributed by atoms with Gasteiger partial charge in [0.1, 0.15) is 0 Å². The number of aliphatic hydroxyl groups excluding tert-OH is 2. The standard InChI is InChI=1S/C59H103NO3/c1-3-5-7-9-11-13-15-17-19-21-23-25-26-27-28-29-30-31-32-33-34-35-37-39-41-43-45-47-49-51-53-55-59(63)60-57(56-61)58(62)54-52-50-48-46-44-42-40-38-36-24-22-20-18-16-14-12-10-8-6-4-2/h5,7,11,13,17,19,23,25,27-28,30-31,33-34,52,54,57-58,61-62H,3-4,6,8-10,12,14-16,18,20-22,24,26,29,32,35-51,53,55-56H2,1-2H3,(H,60,63)/b7-5-,13-11-,19-17-,25-23-,28-27-,31-30-,34-33-,54-52+. The number of hydrogen-bond acceptors (Lipinski definition) is 3. The summed E-state index contributed by atoms with van der Waals surface area (Å²) in [6.45, 7) is 4.20. The van der Waals surface area contributed by atoms with Crippen molar-refractivity contribution in [1.29, 1.82) is 0 Å². The molecule has 4 nitrogen and oxygen atoms in total. The molecule has 2 unspecified atom stereocenters. The maximum atomic E-state index is 12.5. The summed E-state index contributed by atoms with van der Waals surface area (Å²) in [5, 5.41) is 23.1. The topological polar surface area (TPSA) is 69.6 Å². The van der Waals surface area contributed by atoms with Crippen molar-refractivity contribution in [2.75, 3.05) is 6.61 Å².